The molecule has 2 heterocycles. The molecule has 0 aliphatic rings. The SMILES string of the molecule is Cc1cc(NC(=O)c2ncn[nH]2)on1. The first-order valence-electron chi connectivity index (χ1n) is 3.86. The van der Waals surface area contributed by atoms with E-state index in [-0.39, 0.29) is 11.7 Å². The molecule has 0 radical (unpaired) electrons. The normalized spacial score (nSPS) is 10.1. The molecule has 2 rings (SSSR count). The molecule has 7 nitrogen and oxygen atoms in total. The first kappa shape index (κ1) is 8.42. The highest BCUT2D eigenvalue weighted by atomic mass is 16.5. The Hall–Kier alpha value is -2.18. The third-order valence-corrected chi connectivity index (χ3v) is 1.49. The van der Waals surface area contributed by atoms with Crippen LogP contribution in [-0.4, -0.2) is 26.2 Å². The van der Waals surface area contributed by atoms with Crippen molar-refractivity contribution in [3.8, 4) is 0 Å². The molecule has 0 spiro atoms. The molecule has 0 fully saturated rings. The number of H-pyrrole nitrogens is 1. The van der Waals surface area contributed by atoms with Crippen molar-refractivity contribution < 1.29 is 9.32 Å². The molecule has 0 saturated carbocycles. The van der Waals surface area contributed by atoms with Gasteiger partial charge in [0.2, 0.25) is 11.7 Å². The summed E-state index contributed by atoms with van der Waals surface area (Å²) in [5.74, 6) is -0.0124. The van der Waals surface area contributed by atoms with Gasteiger partial charge in [-0.25, -0.2) is 4.98 Å². The molecule has 2 aromatic rings. The van der Waals surface area contributed by atoms with Gasteiger partial charge < -0.3 is 4.52 Å². The number of hydrogen-bond acceptors (Lipinski definition) is 5. The Kier molecular flexibility index (Phi) is 1.98. The van der Waals surface area contributed by atoms with Crippen molar-refractivity contribution >= 4 is 11.8 Å². The molecule has 0 atom stereocenters. The maximum absolute atomic E-state index is 11.4. The molecule has 14 heavy (non-hydrogen) atoms. The molecule has 2 aromatic heterocycles. The van der Waals surface area contributed by atoms with E-state index in [0.717, 1.165) is 0 Å². The first-order chi connectivity index (χ1) is 6.75. The molecular weight excluding hydrogens is 186 g/mol. The maximum Gasteiger partial charge on any atom is 0.295 e. The fourth-order valence-corrected chi connectivity index (χ4v) is 0.908. The zero-order chi connectivity index (χ0) is 9.97. The van der Waals surface area contributed by atoms with E-state index in [1.807, 2.05) is 0 Å². The van der Waals surface area contributed by atoms with Crippen LogP contribution in [0.15, 0.2) is 16.9 Å². The largest absolute Gasteiger partial charge is 0.338 e. The first-order valence-corrected chi connectivity index (χ1v) is 3.86. The van der Waals surface area contributed by atoms with Crippen molar-refractivity contribution in [2.24, 2.45) is 0 Å². The quantitative estimate of drug-likeness (QED) is 0.717. The topological polar surface area (TPSA) is 96.7 Å². The summed E-state index contributed by atoms with van der Waals surface area (Å²) < 4.78 is 4.79. The minimum absolute atomic E-state index is 0.124. The lowest BCUT2D eigenvalue weighted by Crippen LogP contribution is -2.13. The number of rotatable bonds is 2. The van der Waals surface area contributed by atoms with Crippen LogP contribution in [0.25, 0.3) is 0 Å². The van der Waals surface area contributed by atoms with E-state index in [9.17, 15) is 4.79 Å². The number of hydrogen-bond donors (Lipinski definition) is 2. The van der Waals surface area contributed by atoms with Gasteiger partial charge in [-0.3, -0.25) is 15.2 Å². The Morgan fingerprint density at radius 3 is 3.07 bits per heavy atom. The average Bonchev–Trinajstić information content (AvgIpc) is 2.75. The molecule has 0 aromatic carbocycles. The molecule has 0 bridgehead atoms. The van der Waals surface area contributed by atoms with Crippen LogP contribution in [-0.2, 0) is 0 Å². The Morgan fingerprint density at radius 1 is 1.64 bits per heavy atom. The van der Waals surface area contributed by atoms with Crippen LogP contribution in [0.2, 0.25) is 0 Å². The number of nitrogens with one attached hydrogen (secondary N) is 2. The van der Waals surface area contributed by atoms with Crippen LogP contribution in [0.1, 0.15) is 16.3 Å². The predicted octanol–water partition coefficient (Wildman–Crippen LogP) is 0.353. The summed E-state index contributed by atoms with van der Waals surface area (Å²) in [5, 5.41) is 12.1. The second-order valence-corrected chi connectivity index (χ2v) is 2.62. The van der Waals surface area contributed by atoms with Gasteiger partial charge in [0.1, 0.15) is 6.33 Å². The Balaban J connectivity index is 2.09. The summed E-state index contributed by atoms with van der Waals surface area (Å²) in [7, 11) is 0. The zero-order valence-corrected chi connectivity index (χ0v) is 7.31. The number of amides is 1. The van der Waals surface area contributed by atoms with Gasteiger partial charge in [-0.15, -0.1) is 0 Å². The number of carbonyl (C=O) groups excluding carboxylic acids is 1. The van der Waals surface area contributed by atoms with E-state index in [1.165, 1.54) is 6.33 Å². The fraction of sp³-hybridized carbons (Fsp3) is 0.143. The number of carbonyl (C=O) groups is 1. The van der Waals surface area contributed by atoms with Gasteiger partial charge in [-0.05, 0) is 6.92 Å². The highest BCUT2D eigenvalue weighted by Gasteiger charge is 2.10. The number of nitrogens with zero attached hydrogens (tertiary/aromatic N) is 3. The second kappa shape index (κ2) is 3.29. The standard InChI is InChI=1S/C7H7N5O2/c1-4-2-5(14-12-4)10-7(13)6-8-3-9-11-6/h2-3H,1H3,(H,10,13)(H,8,9,11). The van der Waals surface area contributed by atoms with Crippen LogP contribution in [0.5, 0.6) is 0 Å². The summed E-state index contributed by atoms with van der Waals surface area (Å²) in [4.78, 5) is 15.0. The van der Waals surface area contributed by atoms with Crippen molar-refractivity contribution in [2.75, 3.05) is 5.32 Å². The van der Waals surface area contributed by atoms with Gasteiger partial charge in [0.05, 0.1) is 5.69 Å². The van der Waals surface area contributed by atoms with Crippen molar-refractivity contribution in [3.63, 3.8) is 0 Å². The summed E-state index contributed by atoms with van der Waals surface area (Å²) in [6.45, 7) is 1.76. The highest BCUT2D eigenvalue weighted by Crippen LogP contribution is 2.08. The lowest BCUT2D eigenvalue weighted by Gasteiger charge is -1.94. The molecular formula is C7H7N5O2. The molecule has 1 amide bonds. The number of aryl methyl sites for hydroxylation is 1. The molecule has 72 valence electrons. The van der Waals surface area contributed by atoms with Gasteiger partial charge in [-0.1, -0.05) is 5.16 Å². The third-order valence-electron chi connectivity index (χ3n) is 1.49. The lowest BCUT2D eigenvalue weighted by molar-refractivity contribution is 0.101. The van der Waals surface area contributed by atoms with Gasteiger partial charge in [0, 0.05) is 6.07 Å². The number of anilines is 1. The number of aromatic nitrogens is 4. The van der Waals surface area contributed by atoms with E-state index < -0.39 is 5.91 Å². The number of aromatic amines is 1. The summed E-state index contributed by atoms with van der Waals surface area (Å²) in [6.07, 6.45) is 1.25. The molecule has 7 heteroatoms. The molecule has 0 unspecified atom stereocenters. The molecule has 0 saturated heterocycles. The second-order valence-electron chi connectivity index (χ2n) is 2.62. The summed E-state index contributed by atoms with van der Waals surface area (Å²) >= 11 is 0. The minimum atomic E-state index is -0.418. The highest BCUT2D eigenvalue weighted by molar-refractivity contribution is 6.00. The molecule has 2 N–H and O–H groups in total. The van der Waals surface area contributed by atoms with Crippen LogP contribution < -0.4 is 5.32 Å². The predicted molar refractivity (Wildman–Crippen MR) is 45.6 cm³/mol. The van der Waals surface area contributed by atoms with Crippen LogP contribution >= 0.6 is 0 Å². The van der Waals surface area contributed by atoms with Crippen LogP contribution in [0.3, 0.4) is 0 Å². The minimum Gasteiger partial charge on any atom is -0.338 e. The monoisotopic (exact) mass is 193 g/mol. The van der Waals surface area contributed by atoms with E-state index >= 15 is 0 Å². The zero-order valence-electron chi connectivity index (χ0n) is 7.31. The summed E-state index contributed by atoms with van der Waals surface area (Å²) in [5.41, 5.74) is 0.692. The Labute approximate surface area is 78.5 Å². The van der Waals surface area contributed by atoms with Crippen molar-refractivity contribution in [3.05, 3.63) is 23.9 Å². The lowest BCUT2D eigenvalue weighted by atomic mass is 10.4. The average molecular weight is 193 g/mol. The van der Waals surface area contributed by atoms with E-state index in [2.05, 4.69) is 25.7 Å². The molecule has 0 aliphatic heterocycles. The fourth-order valence-electron chi connectivity index (χ4n) is 0.908. The molecule has 0 aliphatic carbocycles. The van der Waals surface area contributed by atoms with Crippen LogP contribution in [0.4, 0.5) is 5.88 Å². The van der Waals surface area contributed by atoms with Crippen molar-refractivity contribution in [1.29, 1.82) is 0 Å². The van der Waals surface area contributed by atoms with Gasteiger partial charge in [-0.2, -0.15) is 5.10 Å². The smallest absolute Gasteiger partial charge is 0.295 e. The van der Waals surface area contributed by atoms with Gasteiger partial charge >= 0.3 is 0 Å². The van der Waals surface area contributed by atoms with E-state index in [0.29, 0.717) is 5.69 Å². The van der Waals surface area contributed by atoms with Crippen molar-refractivity contribution in [1.82, 2.24) is 20.3 Å². The van der Waals surface area contributed by atoms with Gasteiger partial charge in [0.25, 0.3) is 5.91 Å². The Bertz CT molecular complexity index is 433. The summed E-state index contributed by atoms with van der Waals surface area (Å²) in [6, 6.07) is 1.61. The third kappa shape index (κ3) is 1.60. The Morgan fingerprint density at radius 2 is 2.50 bits per heavy atom. The van der Waals surface area contributed by atoms with Crippen LogP contribution in [0, 0.1) is 6.92 Å². The van der Waals surface area contributed by atoms with Crippen molar-refractivity contribution in [2.45, 2.75) is 6.92 Å². The van der Waals surface area contributed by atoms with E-state index in [4.69, 9.17) is 4.52 Å². The maximum atomic E-state index is 11.4. The van der Waals surface area contributed by atoms with E-state index in [1.54, 1.807) is 13.0 Å². The van der Waals surface area contributed by atoms with Gasteiger partial charge in [0.15, 0.2) is 0 Å².